The smallest absolute Gasteiger partial charge is 0.272 e. The quantitative estimate of drug-likeness (QED) is 0.837. The van der Waals surface area contributed by atoms with Crippen molar-refractivity contribution in [1.29, 1.82) is 0 Å². The summed E-state index contributed by atoms with van der Waals surface area (Å²) in [5, 5.41) is 0.599. The molecule has 0 aromatic heterocycles. The van der Waals surface area contributed by atoms with Crippen LogP contribution in [0.1, 0.15) is 35.2 Å². The lowest BCUT2D eigenvalue weighted by Gasteiger charge is -2.40. The van der Waals surface area contributed by atoms with Crippen molar-refractivity contribution in [2.75, 3.05) is 0 Å². The molecule has 2 N–H and O–H groups in total. The summed E-state index contributed by atoms with van der Waals surface area (Å²) in [5.41, 5.74) is 4.78. The summed E-state index contributed by atoms with van der Waals surface area (Å²) >= 11 is 5.89. The number of hydrogen-bond donors (Lipinski definition) is 2. The summed E-state index contributed by atoms with van der Waals surface area (Å²) < 4.78 is 13.6. The fraction of sp³-hybridized carbons (Fsp3) is 0.222. The normalized spacial score (nSPS) is 15.2. The average molecular weight is 347 g/mol. The Morgan fingerprint density at radius 1 is 1.00 bits per heavy atom. The Bertz CT molecular complexity index is 773. The first-order chi connectivity index (χ1) is 11.5. The zero-order valence-corrected chi connectivity index (χ0v) is 13.6. The largest absolute Gasteiger partial charge is 0.272 e. The molecule has 0 bridgehead atoms. The van der Waals surface area contributed by atoms with E-state index in [0.717, 1.165) is 12.0 Å². The topological polar surface area (TPSA) is 58.2 Å². The SMILES string of the molecule is O=C(NNC(=O)C1(c2ccc(Cl)cc2)CCC1)c1ccccc1F. The highest BCUT2D eigenvalue weighted by atomic mass is 35.5. The maximum atomic E-state index is 13.6. The van der Waals surface area contributed by atoms with Gasteiger partial charge in [0.05, 0.1) is 11.0 Å². The maximum Gasteiger partial charge on any atom is 0.272 e. The van der Waals surface area contributed by atoms with Crippen LogP contribution in [-0.4, -0.2) is 11.8 Å². The van der Waals surface area contributed by atoms with Crippen LogP contribution in [0.2, 0.25) is 5.02 Å². The number of hydrazine groups is 1. The molecule has 1 fully saturated rings. The molecular formula is C18H16ClFN2O2. The van der Waals surface area contributed by atoms with Gasteiger partial charge in [-0.3, -0.25) is 20.4 Å². The molecule has 1 aliphatic rings. The van der Waals surface area contributed by atoms with Gasteiger partial charge in [-0.1, -0.05) is 42.3 Å². The van der Waals surface area contributed by atoms with Gasteiger partial charge in [-0.2, -0.15) is 0 Å². The van der Waals surface area contributed by atoms with E-state index in [1.165, 1.54) is 18.2 Å². The Kier molecular flexibility index (Phi) is 4.53. The Labute approximate surface area is 144 Å². The highest BCUT2D eigenvalue weighted by Gasteiger charge is 2.45. The van der Waals surface area contributed by atoms with E-state index in [9.17, 15) is 14.0 Å². The van der Waals surface area contributed by atoms with E-state index < -0.39 is 17.1 Å². The Morgan fingerprint density at radius 3 is 2.25 bits per heavy atom. The molecule has 6 heteroatoms. The van der Waals surface area contributed by atoms with Gasteiger partial charge in [0, 0.05) is 5.02 Å². The number of nitrogens with one attached hydrogen (secondary N) is 2. The average Bonchev–Trinajstić information content (AvgIpc) is 2.54. The number of hydrogen-bond acceptors (Lipinski definition) is 2. The van der Waals surface area contributed by atoms with Crippen LogP contribution in [0.3, 0.4) is 0 Å². The van der Waals surface area contributed by atoms with Crippen LogP contribution in [0.5, 0.6) is 0 Å². The van der Waals surface area contributed by atoms with Gasteiger partial charge in [-0.25, -0.2) is 4.39 Å². The molecule has 0 heterocycles. The van der Waals surface area contributed by atoms with Gasteiger partial charge in [0.1, 0.15) is 5.82 Å². The Morgan fingerprint density at radius 2 is 1.67 bits per heavy atom. The number of carbonyl (C=O) groups excluding carboxylic acids is 2. The van der Waals surface area contributed by atoms with Crippen molar-refractivity contribution in [3.05, 3.63) is 70.5 Å². The third kappa shape index (κ3) is 2.99. The van der Waals surface area contributed by atoms with Crippen molar-refractivity contribution in [3.8, 4) is 0 Å². The van der Waals surface area contributed by atoms with Gasteiger partial charge < -0.3 is 0 Å². The van der Waals surface area contributed by atoms with Crippen LogP contribution in [0.25, 0.3) is 0 Å². The fourth-order valence-electron chi connectivity index (χ4n) is 2.89. The summed E-state index contributed by atoms with van der Waals surface area (Å²) in [7, 11) is 0. The van der Waals surface area contributed by atoms with Crippen molar-refractivity contribution in [2.24, 2.45) is 0 Å². The minimum Gasteiger partial charge on any atom is -0.272 e. The molecule has 1 aliphatic carbocycles. The summed E-state index contributed by atoms with van der Waals surface area (Å²) in [4.78, 5) is 24.6. The van der Waals surface area contributed by atoms with Crippen molar-refractivity contribution >= 4 is 23.4 Å². The second kappa shape index (κ2) is 6.61. The maximum absolute atomic E-state index is 13.6. The van der Waals surface area contributed by atoms with E-state index in [4.69, 9.17) is 11.6 Å². The molecule has 0 unspecified atom stereocenters. The summed E-state index contributed by atoms with van der Waals surface area (Å²) in [6.07, 6.45) is 2.31. The first-order valence-electron chi connectivity index (χ1n) is 7.64. The van der Waals surface area contributed by atoms with E-state index in [1.54, 1.807) is 18.2 Å². The van der Waals surface area contributed by atoms with Crippen molar-refractivity contribution in [1.82, 2.24) is 10.9 Å². The van der Waals surface area contributed by atoms with Crippen molar-refractivity contribution in [2.45, 2.75) is 24.7 Å². The van der Waals surface area contributed by atoms with Gasteiger partial charge in [0.2, 0.25) is 5.91 Å². The van der Waals surface area contributed by atoms with Crippen LogP contribution in [-0.2, 0) is 10.2 Å². The Hall–Kier alpha value is -2.40. The molecule has 3 rings (SSSR count). The summed E-state index contributed by atoms with van der Waals surface area (Å²) in [5.74, 6) is -1.63. The Balaban J connectivity index is 1.71. The molecule has 1 saturated carbocycles. The third-order valence-corrected chi connectivity index (χ3v) is 4.70. The summed E-state index contributed by atoms with van der Waals surface area (Å²) in [6.45, 7) is 0. The van der Waals surface area contributed by atoms with Gasteiger partial charge in [0.25, 0.3) is 5.91 Å². The van der Waals surface area contributed by atoms with E-state index in [0.29, 0.717) is 17.9 Å². The van der Waals surface area contributed by atoms with Gasteiger partial charge in [-0.15, -0.1) is 0 Å². The molecule has 0 radical (unpaired) electrons. The number of benzene rings is 2. The monoisotopic (exact) mass is 346 g/mol. The lowest BCUT2D eigenvalue weighted by Crippen LogP contribution is -2.54. The first kappa shape index (κ1) is 16.5. The molecule has 124 valence electrons. The van der Waals surface area contributed by atoms with Gasteiger partial charge in [0.15, 0.2) is 0 Å². The molecule has 0 atom stereocenters. The zero-order chi connectivity index (χ0) is 17.2. The molecule has 0 saturated heterocycles. The highest BCUT2D eigenvalue weighted by Crippen LogP contribution is 2.44. The van der Waals surface area contributed by atoms with Crippen LogP contribution >= 0.6 is 11.6 Å². The molecule has 2 aromatic carbocycles. The van der Waals surface area contributed by atoms with E-state index in [2.05, 4.69) is 10.9 Å². The fourth-order valence-corrected chi connectivity index (χ4v) is 3.02. The number of amides is 2. The minimum absolute atomic E-state index is 0.119. The number of carbonyl (C=O) groups is 2. The molecular weight excluding hydrogens is 331 g/mol. The summed E-state index contributed by atoms with van der Waals surface area (Å²) in [6, 6.07) is 12.7. The standard InChI is InChI=1S/C18H16ClFN2O2/c19-13-8-6-12(7-9-13)18(10-3-11-18)17(24)22-21-16(23)14-4-1-2-5-15(14)20/h1-2,4-9H,3,10-11H2,(H,21,23)(H,22,24). The minimum atomic E-state index is -0.688. The second-order valence-corrected chi connectivity index (χ2v) is 6.27. The predicted octanol–water partition coefficient (Wildman–Crippen LogP) is 3.36. The van der Waals surface area contributed by atoms with E-state index in [1.807, 2.05) is 12.1 Å². The second-order valence-electron chi connectivity index (χ2n) is 5.83. The molecule has 4 nitrogen and oxygen atoms in total. The number of halogens is 2. The molecule has 24 heavy (non-hydrogen) atoms. The first-order valence-corrected chi connectivity index (χ1v) is 8.02. The van der Waals surface area contributed by atoms with Crippen LogP contribution < -0.4 is 10.9 Å². The lowest BCUT2D eigenvalue weighted by atomic mass is 9.64. The van der Waals surface area contributed by atoms with Crippen LogP contribution in [0, 0.1) is 5.82 Å². The van der Waals surface area contributed by atoms with Gasteiger partial charge in [-0.05, 0) is 42.7 Å². The van der Waals surface area contributed by atoms with Crippen LogP contribution in [0.15, 0.2) is 48.5 Å². The molecule has 0 spiro atoms. The third-order valence-electron chi connectivity index (χ3n) is 4.45. The molecule has 0 aliphatic heterocycles. The van der Waals surface area contributed by atoms with E-state index >= 15 is 0 Å². The number of rotatable bonds is 3. The van der Waals surface area contributed by atoms with E-state index in [-0.39, 0.29) is 11.5 Å². The molecule has 2 aromatic rings. The lowest BCUT2D eigenvalue weighted by molar-refractivity contribution is -0.130. The zero-order valence-electron chi connectivity index (χ0n) is 12.8. The predicted molar refractivity (Wildman–Crippen MR) is 89.0 cm³/mol. The molecule has 2 amide bonds. The van der Waals surface area contributed by atoms with Crippen molar-refractivity contribution in [3.63, 3.8) is 0 Å². The highest BCUT2D eigenvalue weighted by molar-refractivity contribution is 6.30. The van der Waals surface area contributed by atoms with Crippen LogP contribution in [0.4, 0.5) is 4.39 Å². The van der Waals surface area contributed by atoms with Crippen molar-refractivity contribution < 1.29 is 14.0 Å². The van der Waals surface area contributed by atoms with Gasteiger partial charge >= 0.3 is 0 Å².